The van der Waals surface area contributed by atoms with Crippen LogP contribution in [0.25, 0.3) is 0 Å². The highest BCUT2D eigenvalue weighted by Crippen LogP contribution is 2.20. The molecule has 1 aliphatic rings. The molecule has 0 aromatic heterocycles. The zero-order valence-corrected chi connectivity index (χ0v) is 16.7. The van der Waals surface area contributed by atoms with E-state index < -0.39 is 21.4 Å². The Hall–Kier alpha value is -1.89. The van der Waals surface area contributed by atoms with Gasteiger partial charge in [-0.1, -0.05) is 49.2 Å². The molecule has 1 saturated carbocycles. The van der Waals surface area contributed by atoms with Gasteiger partial charge < -0.3 is 9.84 Å². The van der Waals surface area contributed by atoms with Gasteiger partial charge in [0.1, 0.15) is 11.5 Å². The van der Waals surface area contributed by atoms with Gasteiger partial charge >= 0.3 is 0 Å². The molecule has 0 heterocycles. The van der Waals surface area contributed by atoms with Gasteiger partial charge in [-0.3, -0.25) is 0 Å². The van der Waals surface area contributed by atoms with Crippen LogP contribution in [0.5, 0.6) is 11.5 Å². The fourth-order valence-electron chi connectivity index (χ4n) is 2.71. The number of benzene rings is 2. The van der Waals surface area contributed by atoms with Crippen LogP contribution in [-0.4, -0.2) is 30.9 Å². The lowest BCUT2D eigenvalue weighted by molar-refractivity contribution is 0.101. The molecule has 2 aromatic rings. The molecule has 0 saturated heterocycles. The minimum Gasteiger partial charge on any atom is -0.457 e. The molecule has 5 nitrogen and oxygen atoms in total. The highest BCUT2D eigenvalue weighted by Gasteiger charge is 2.28. The molecule has 0 unspecified atom stereocenters. The van der Waals surface area contributed by atoms with E-state index in [1.54, 1.807) is 13.8 Å². The van der Waals surface area contributed by atoms with Crippen LogP contribution < -0.4 is 9.46 Å². The van der Waals surface area contributed by atoms with Crippen molar-refractivity contribution in [2.24, 2.45) is 0 Å². The Balaban J connectivity index is 0.000000194. The highest BCUT2D eigenvalue weighted by molar-refractivity contribution is 7.90. The number of hydrogen-bond donors (Lipinski definition) is 2. The molecule has 0 bridgehead atoms. The Morgan fingerprint density at radius 3 is 1.85 bits per heavy atom. The molecule has 3 rings (SSSR count). The number of hydrogen-bond acceptors (Lipinski definition) is 4. The van der Waals surface area contributed by atoms with E-state index in [0.717, 1.165) is 30.8 Å². The number of aliphatic hydroxyl groups is 1. The van der Waals surface area contributed by atoms with Gasteiger partial charge in [-0.2, -0.15) is 0 Å². The fourth-order valence-corrected chi connectivity index (χ4v) is 3.68. The molecule has 6 heteroatoms. The Morgan fingerprint density at radius 1 is 0.926 bits per heavy atom. The fraction of sp³-hybridized carbons (Fsp3) is 0.429. The second-order valence-corrected chi connectivity index (χ2v) is 9.17. The summed E-state index contributed by atoms with van der Waals surface area (Å²) in [4.78, 5) is 0. The average Bonchev–Trinajstić information content (AvgIpc) is 2.66. The Kier molecular flexibility index (Phi) is 8.28. The minimum atomic E-state index is -3.24. The van der Waals surface area contributed by atoms with Crippen molar-refractivity contribution >= 4 is 10.0 Å². The molecule has 0 radical (unpaired) electrons. The predicted molar refractivity (Wildman–Crippen MR) is 108 cm³/mol. The second-order valence-electron chi connectivity index (χ2n) is 6.90. The third-order valence-electron chi connectivity index (χ3n) is 4.39. The van der Waals surface area contributed by atoms with E-state index in [1.165, 1.54) is 0 Å². The van der Waals surface area contributed by atoms with Gasteiger partial charge in [-0.15, -0.1) is 0 Å². The topological polar surface area (TPSA) is 75.6 Å². The number of ether oxygens (including phenoxy) is 1. The maximum atomic E-state index is 11.5. The van der Waals surface area contributed by atoms with Gasteiger partial charge in [0.25, 0.3) is 0 Å². The summed E-state index contributed by atoms with van der Waals surface area (Å²) in [6.07, 6.45) is 2.90. The molecule has 27 heavy (non-hydrogen) atoms. The zero-order chi connectivity index (χ0) is 19.7. The van der Waals surface area contributed by atoms with E-state index in [4.69, 9.17) is 4.74 Å². The first-order valence-corrected chi connectivity index (χ1v) is 10.9. The smallest absolute Gasteiger partial charge is 0.214 e. The largest absolute Gasteiger partial charge is 0.457 e. The normalized spacial score (nSPS) is 19.9. The van der Waals surface area contributed by atoms with E-state index in [9.17, 15) is 13.5 Å². The van der Waals surface area contributed by atoms with Gasteiger partial charge in [0.15, 0.2) is 0 Å². The molecule has 0 spiro atoms. The van der Waals surface area contributed by atoms with Crippen LogP contribution in [0, 0.1) is 0 Å². The summed E-state index contributed by atoms with van der Waals surface area (Å²) in [6.45, 7) is 3.27. The molecule has 1 fully saturated rings. The summed E-state index contributed by atoms with van der Waals surface area (Å²) in [6, 6.07) is 19.2. The summed E-state index contributed by atoms with van der Waals surface area (Å²) >= 11 is 0. The average molecular weight is 392 g/mol. The van der Waals surface area contributed by atoms with Crippen molar-refractivity contribution in [3.63, 3.8) is 0 Å². The summed E-state index contributed by atoms with van der Waals surface area (Å²) < 4.78 is 31.2. The lowest BCUT2D eigenvalue weighted by Crippen LogP contribution is -2.47. The van der Waals surface area contributed by atoms with Crippen molar-refractivity contribution in [3.05, 3.63) is 60.7 Å². The van der Waals surface area contributed by atoms with Crippen LogP contribution in [0.3, 0.4) is 0 Å². The Bertz CT molecular complexity index is 726. The predicted octanol–water partition coefficient (Wildman–Crippen LogP) is 4.10. The van der Waals surface area contributed by atoms with Crippen molar-refractivity contribution < 1.29 is 18.3 Å². The summed E-state index contributed by atoms with van der Waals surface area (Å²) in [5.41, 5.74) is 0. The van der Waals surface area contributed by atoms with Gasteiger partial charge in [0.05, 0.1) is 11.4 Å². The third-order valence-corrected chi connectivity index (χ3v) is 6.26. The van der Waals surface area contributed by atoms with E-state index in [-0.39, 0.29) is 6.04 Å². The SMILES string of the molecule is CC(C)S(=O)(=O)N[C@H]1CCCC[C@@H]1O.c1ccc(Oc2ccccc2)cc1. The van der Waals surface area contributed by atoms with Crippen molar-refractivity contribution in [2.75, 3.05) is 0 Å². The van der Waals surface area contributed by atoms with Crippen LogP contribution in [0.1, 0.15) is 39.5 Å². The molecule has 0 aliphatic heterocycles. The minimum absolute atomic E-state index is 0.281. The number of nitrogens with one attached hydrogen (secondary N) is 1. The lowest BCUT2D eigenvalue weighted by Gasteiger charge is -2.28. The molecular formula is C21H29NO4S. The molecule has 1 aliphatic carbocycles. The molecule has 148 valence electrons. The Labute approximate surface area is 162 Å². The lowest BCUT2D eigenvalue weighted by atomic mass is 9.93. The number of para-hydroxylation sites is 2. The van der Waals surface area contributed by atoms with E-state index in [0.29, 0.717) is 6.42 Å². The first kappa shape index (κ1) is 21.4. The van der Waals surface area contributed by atoms with Gasteiger partial charge in [0, 0.05) is 6.04 Å². The number of rotatable bonds is 5. The maximum Gasteiger partial charge on any atom is 0.214 e. The van der Waals surface area contributed by atoms with Crippen molar-refractivity contribution in [2.45, 2.75) is 56.9 Å². The van der Waals surface area contributed by atoms with Crippen molar-refractivity contribution in [3.8, 4) is 11.5 Å². The highest BCUT2D eigenvalue weighted by atomic mass is 32.2. The third kappa shape index (κ3) is 7.33. The summed E-state index contributed by atoms with van der Waals surface area (Å²) in [5.74, 6) is 1.74. The molecular weight excluding hydrogens is 362 g/mol. The maximum absolute atomic E-state index is 11.5. The first-order chi connectivity index (χ1) is 12.9. The summed E-state index contributed by atoms with van der Waals surface area (Å²) in [7, 11) is -3.24. The van der Waals surface area contributed by atoms with Crippen molar-refractivity contribution in [1.82, 2.24) is 4.72 Å². The van der Waals surface area contributed by atoms with Gasteiger partial charge in [-0.05, 0) is 51.0 Å². The molecule has 2 N–H and O–H groups in total. The van der Waals surface area contributed by atoms with Crippen LogP contribution in [-0.2, 0) is 10.0 Å². The second kappa shape index (κ2) is 10.4. The quantitative estimate of drug-likeness (QED) is 0.805. The van der Waals surface area contributed by atoms with Gasteiger partial charge in [0.2, 0.25) is 10.0 Å². The molecule has 2 aromatic carbocycles. The Morgan fingerprint density at radius 2 is 1.41 bits per heavy atom. The standard InChI is InChI=1S/C12H10O.C9H19NO3S/c1-3-7-11(8-4-1)13-12-9-5-2-6-10-12;1-7(2)14(12,13)10-8-5-3-4-6-9(8)11/h1-10H;7-11H,3-6H2,1-2H3/t;8-,9-/m.0/s1. The van der Waals surface area contributed by atoms with Crippen molar-refractivity contribution in [1.29, 1.82) is 0 Å². The van der Waals surface area contributed by atoms with Gasteiger partial charge in [-0.25, -0.2) is 13.1 Å². The van der Waals surface area contributed by atoms with Crippen LogP contribution >= 0.6 is 0 Å². The monoisotopic (exact) mass is 391 g/mol. The van der Waals surface area contributed by atoms with E-state index >= 15 is 0 Å². The molecule has 0 amide bonds. The molecule has 2 atom stereocenters. The van der Waals surface area contributed by atoms with Crippen LogP contribution in [0.15, 0.2) is 60.7 Å². The van der Waals surface area contributed by atoms with Crippen LogP contribution in [0.2, 0.25) is 0 Å². The first-order valence-electron chi connectivity index (χ1n) is 9.35. The zero-order valence-electron chi connectivity index (χ0n) is 15.9. The van der Waals surface area contributed by atoms with Crippen LogP contribution in [0.4, 0.5) is 0 Å². The van der Waals surface area contributed by atoms with E-state index in [1.807, 2.05) is 60.7 Å². The number of aliphatic hydroxyl groups excluding tert-OH is 1. The summed E-state index contributed by atoms with van der Waals surface area (Å²) in [5, 5.41) is 9.15. The van der Waals surface area contributed by atoms with E-state index in [2.05, 4.69) is 4.72 Å². The number of sulfonamides is 1.